The lowest BCUT2D eigenvalue weighted by molar-refractivity contribution is 0.0600. The van der Waals surface area contributed by atoms with E-state index in [-0.39, 0.29) is 5.97 Å². The van der Waals surface area contributed by atoms with Gasteiger partial charge in [-0.2, -0.15) is 0 Å². The minimum atomic E-state index is -0.312. The van der Waals surface area contributed by atoms with Crippen LogP contribution in [-0.4, -0.2) is 43.2 Å². The number of carbonyl (C=O) groups is 1. The normalized spacial score (nSPS) is 21.8. The van der Waals surface area contributed by atoms with E-state index >= 15 is 0 Å². The molecule has 21 heavy (non-hydrogen) atoms. The van der Waals surface area contributed by atoms with E-state index in [1.807, 2.05) is 6.07 Å². The second kappa shape index (κ2) is 6.34. The van der Waals surface area contributed by atoms with E-state index in [2.05, 4.69) is 10.2 Å². The van der Waals surface area contributed by atoms with Crippen LogP contribution >= 0.6 is 11.6 Å². The number of benzene rings is 1. The number of esters is 1. The van der Waals surface area contributed by atoms with E-state index in [0.29, 0.717) is 17.6 Å². The van der Waals surface area contributed by atoms with Gasteiger partial charge in [-0.25, -0.2) is 4.79 Å². The third kappa shape index (κ3) is 3.39. The van der Waals surface area contributed by atoms with Crippen LogP contribution in [0.25, 0.3) is 0 Å². The molecule has 114 valence electrons. The predicted molar refractivity (Wildman–Crippen MR) is 82.6 cm³/mol. The van der Waals surface area contributed by atoms with Gasteiger partial charge in [-0.05, 0) is 49.6 Å². The van der Waals surface area contributed by atoms with Crippen molar-refractivity contribution in [1.29, 1.82) is 0 Å². The lowest BCUT2D eigenvalue weighted by atomic mass is 10.1. The van der Waals surface area contributed by atoms with Gasteiger partial charge < -0.3 is 10.1 Å². The maximum absolute atomic E-state index is 11.7. The molecule has 2 fully saturated rings. The summed E-state index contributed by atoms with van der Waals surface area (Å²) < 4.78 is 4.79. The van der Waals surface area contributed by atoms with Crippen LogP contribution < -0.4 is 5.32 Å². The number of methoxy groups -OCH3 is 1. The third-order valence-corrected chi connectivity index (χ3v) is 4.71. The topological polar surface area (TPSA) is 41.6 Å². The summed E-state index contributed by atoms with van der Waals surface area (Å²) in [5, 5.41) is 4.15. The highest BCUT2D eigenvalue weighted by atomic mass is 35.5. The summed E-state index contributed by atoms with van der Waals surface area (Å²) in [4.78, 5) is 14.2. The average molecular weight is 309 g/mol. The first-order valence-corrected chi connectivity index (χ1v) is 7.90. The summed E-state index contributed by atoms with van der Waals surface area (Å²) in [7, 11) is 1.40. The van der Waals surface area contributed by atoms with E-state index in [1.165, 1.54) is 26.4 Å². The molecule has 1 atom stereocenters. The standard InChI is InChI=1S/C16H21ClN2O2/c1-21-16(20)11-2-5-15(17)12(8-11)10-19(13-3-4-13)14-6-7-18-9-14/h2,5,8,13-14,18H,3-4,6-7,9-10H2,1H3. The zero-order valence-corrected chi connectivity index (χ0v) is 13.0. The highest BCUT2D eigenvalue weighted by Crippen LogP contribution is 2.33. The molecule has 1 unspecified atom stereocenters. The zero-order chi connectivity index (χ0) is 14.8. The number of carbonyl (C=O) groups excluding carboxylic acids is 1. The van der Waals surface area contributed by atoms with Crippen molar-refractivity contribution in [2.45, 2.75) is 37.9 Å². The number of nitrogens with one attached hydrogen (secondary N) is 1. The van der Waals surface area contributed by atoms with Crippen LogP contribution in [0.2, 0.25) is 5.02 Å². The van der Waals surface area contributed by atoms with Gasteiger partial charge in [0.15, 0.2) is 0 Å². The molecule has 2 aliphatic rings. The number of rotatable bonds is 5. The van der Waals surface area contributed by atoms with Crippen molar-refractivity contribution < 1.29 is 9.53 Å². The summed E-state index contributed by atoms with van der Waals surface area (Å²) in [5.41, 5.74) is 1.58. The summed E-state index contributed by atoms with van der Waals surface area (Å²) in [6, 6.07) is 6.63. The van der Waals surface area contributed by atoms with Crippen molar-refractivity contribution in [1.82, 2.24) is 10.2 Å². The minimum Gasteiger partial charge on any atom is -0.465 e. The first-order chi connectivity index (χ1) is 10.2. The Morgan fingerprint density at radius 2 is 2.19 bits per heavy atom. The van der Waals surface area contributed by atoms with Crippen molar-refractivity contribution in [3.05, 3.63) is 34.3 Å². The van der Waals surface area contributed by atoms with Crippen LogP contribution in [0.4, 0.5) is 0 Å². The number of hydrogen-bond acceptors (Lipinski definition) is 4. The Hall–Kier alpha value is -1.10. The van der Waals surface area contributed by atoms with E-state index in [0.717, 1.165) is 30.2 Å². The van der Waals surface area contributed by atoms with Crippen molar-refractivity contribution >= 4 is 17.6 Å². The van der Waals surface area contributed by atoms with Gasteiger partial charge in [0.1, 0.15) is 0 Å². The van der Waals surface area contributed by atoms with E-state index in [1.54, 1.807) is 12.1 Å². The van der Waals surface area contributed by atoms with Gasteiger partial charge in [-0.15, -0.1) is 0 Å². The molecule has 0 radical (unpaired) electrons. The predicted octanol–water partition coefficient (Wildman–Crippen LogP) is 2.45. The molecule has 1 aromatic carbocycles. The van der Waals surface area contributed by atoms with Crippen molar-refractivity contribution in [3.8, 4) is 0 Å². The van der Waals surface area contributed by atoms with E-state index < -0.39 is 0 Å². The van der Waals surface area contributed by atoms with E-state index in [4.69, 9.17) is 16.3 Å². The lowest BCUT2D eigenvalue weighted by Gasteiger charge is -2.28. The van der Waals surface area contributed by atoms with Gasteiger partial charge in [-0.3, -0.25) is 4.90 Å². The van der Waals surface area contributed by atoms with Gasteiger partial charge in [0, 0.05) is 30.2 Å². The summed E-state index contributed by atoms with van der Waals surface area (Å²) >= 11 is 6.33. The molecule has 1 aliphatic heterocycles. The average Bonchev–Trinajstić information content (AvgIpc) is 3.19. The highest BCUT2D eigenvalue weighted by molar-refractivity contribution is 6.31. The summed E-state index contributed by atoms with van der Waals surface area (Å²) in [5.74, 6) is -0.312. The molecule has 3 rings (SSSR count). The number of nitrogens with zero attached hydrogens (tertiary/aromatic N) is 1. The van der Waals surface area contributed by atoms with Crippen LogP contribution in [0.5, 0.6) is 0 Å². The van der Waals surface area contributed by atoms with Crippen LogP contribution in [0.3, 0.4) is 0 Å². The number of hydrogen-bond donors (Lipinski definition) is 1. The fourth-order valence-corrected chi connectivity index (χ4v) is 3.20. The summed E-state index contributed by atoms with van der Waals surface area (Å²) in [6.45, 7) is 2.94. The van der Waals surface area contributed by atoms with Crippen LogP contribution in [0, 0.1) is 0 Å². The minimum absolute atomic E-state index is 0.312. The van der Waals surface area contributed by atoms with Gasteiger partial charge >= 0.3 is 5.97 Å². The molecule has 1 N–H and O–H groups in total. The second-order valence-corrected chi connectivity index (χ2v) is 6.26. The molecule has 1 aromatic rings. The molecule has 1 saturated carbocycles. The fraction of sp³-hybridized carbons (Fsp3) is 0.562. The van der Waals surface area contributed by atoms with Gasteiger partial charge in [0.05, 0.1) is 12.7 Å². The molecule has 0 amide bonds. The first-order valence-electron chi connectivity index (χ1n) is 7.52. The molecule has 0 aromatic heterocycles. The Morgan fingerprint density at radius 3 is 2.81 bits per heavy atom. The van der Waals surface area contributed by atoms with Crippen molar-refractivity contribution in [3.63, 3.8) is 0 Å². The lowest BCUT2D eigenvalue weighted by Crippen LogP contribution is -2.38. The Morgan fingerprint density at radius 1 is 1.38 bits per heavy atom. The maximum atomic E-state index is 11.7. The second-order valence-electron chi connectivity index (χ2n) is 5.85. The van der Waals surface area contributed by atoms with Crippen LogP contribution in [-0.2, 0) is 11.3 Å². The zero-order valence-electron chi connectivity index (χ0n) is 12.3. The Labute approximate surface area is 130 Å². The molecule has 5 heteroatoms. The molecular weight excluding hydrogens is 288 g/mol. The van der Waals surface area contributed by atoms with Crippen molar-refractivity contribution in [2.24, 2.45) is 0 Å². The third-order valence-electron chi connectivity index (χ3n) is 4.34. The molecule has 0 spiro atoms. The Balaban J connectivity index is 1.79. The Bertz CT molecular complexity index is 525. The maximum Gasteiger partial charge on any atom is 0.337 e. The summed E-state index contributed by atoms with van der Waals surface area (Å²) in [6.07, 6.45) is 3.72. The van der Waals surface area contributed by atoms with Crippen molar-refractivity contribution in [2.75, 3.05) is 20.2 Å². The molecule has 1 heterocycles. The smallest absolute Gasteiger partial charge is 0.337 e. The van der Waals surface area contributed by atoms with Gasteiger partial charge in [0.2, 0.25) is 0 Å². The fourth-order valence-electron chi connectivity index (χ4n) is 3.02. The largest absolute Gasteiger partial charge is 0.465 e. The first kappa shape index (κ1) is 14.8. The van der Waals surface area contributed by atoms with E-state index in [9.17, 15) is 4.79 Å². The van der Waals surface area contributed by atoms with Crippen LogP contribution in [0.1, 0.15) is 35.2 Å². The molecular formula is C16H21ClN2O2. The molecule has 0 bridgehead atoms. The van der Waals surface area contributed by atoms with Gasteiger partial charge in [-0.1, -0.05) is 11.6 Å². The van der Waals surface area contributed by atoms with Crippen LogP contribution in [0.15, 0.2) is 18.2 Å². The molecule has 1 saturated heterocycles. The Kier molecular flexibility index (Phi) is 4.48. The quantitative estimate of drug-likeness (QED) is 0.849. The number of halogens is 1. The monoisotopic (exact) mass is 308 g/mol. The highest BCUT2D eigenvalue weighted by Gasteiger charge is 2.35. The molecule has 1 aliphatic carbocycles. The SMILES string of the molecule is COC(=O)c1ccc(Cl)c(CN(C2CC2)C2CCNC2)c1. The molecule has 4 nitrogen and oxygen atoms in total. The number of ether oxygens (including phenoxy) is 1. The van der Waals surface area contributed by atoms with Gasteiger partial charge in [0.25, 0.3) is 0 Å².